The average molecular weight is 204 g/mol. The summed E-state index contributed by atoms with van der Waals surface area (Å²) in [4.78, 5) is 24.4. The van der Waals surface area contributed by atoms with Crippen LogP contribution >= 0.6 is 0 Å². The van der Waals surface area contributed by atoms with Gasteiger partial charge in [0.1, 0.15) is 6.33 Å². The zero-order valence-electron chi connectivity index (χ0n) is 8.71. The largest absolute Gasteiger partial charge is 0.369 e. The van der Waals surface area contributed by atoms with Gasteiger partial charge in [-0.25, -0.2) is 9.97 Å². The van der Waals surface area contributed by atoms with Crippen molar-refractivity contribution in [3.05, 3.63) is 30.9 Å². The Hall–Kier alpha value is -2.04. The van der Waals surface area contributed by atoms with Gasteiger partial charge in [0.2, 0.25) is 0 Å². The minimum Gasteiger partial charge on any atom is -0.369 e. The molecule has 0 spiro atoms. The molecule has 5 nitrogen and oxygen atoms in total. The lowest BCUT2D eigenvalue weighted by Gasteiger charge is -2.02. The van der Waals surface area contributed by atoms with Gasteiger partial charge in [-0.15, -0.1) is 0 Å². The molecule has 0 unspecified atom stereocenters. The number of hydrogen-bond donors (Lipinski definition) is 0. The van der Waals surface area contributed by atoms with Crippen LogP contribution in [0.25, 0.3) is 5.57 Å². The minimum atomic E-state index is -0.390. The van der Waals surface area contributed by atoms with Crippen molar-refractivity contribution >= 4 is 17.8 Å². The quantitative estimate of drug-likeness (QED) is 0.411. The molecule has 0 N–H and O–H groups in total. The molecule has 0 radical (unpaired) electrons. The predicted molar refractivity (Wildman–Crippen MR) is 58.3 cm³/mol. The summed E-state index contributed by atoms with van der Waals surface area (Å²) < 4.78 is 0. The highest BCUT2D eigenvalue weighted by molar-refractivity contribution is 6.20. The van der Waals surface area contributed by atoms with E-state index in [9.17, 15) is 4.79 Å². The van der Waals surface area contributed by atoms with E-state index in [-0.39, 0.29) is 5.57 Å². The SMILES string of the molecule is C=C(C(=O)N=CN(C)C)c1cncnc1. The fourth-order valence-electron chi connectivity index (χ4n) is 0.824. The maximum Gasteiger partial charge on any atom is 0.278 e. The van der Waals surface area contributed by atoms with Crippen LogP contribution in [-0.2, 0) is 4.79 Å². The summed E-state index contributed by atoms with van der Waals surface area (Å²) in [5, 5.41) is 0. The van der Waals surface area contributed by atoms with E-state index in [4.69, 9.17) is 0 Å². The molecular formula is C10H12N4O. The molecule has 1 heterocycles. The van der Waals surface area contributed by atoms with Crippen LogP contribution in [0.1, 0.15) is 5.56 Å². The Labute approximate surface area is 88.2 Å². The number of aromatic nitrogens is 2. The highest BCUT2D eigenvalue weighted by Gasteiger charge is 2.07. The second kappa shape index (κ2) is 4.99. The molecule has 1 amide bonds. The first kappa shape index (κ1) is 11.0. The van der Waals surface area contributed by atoms with Crippen molar-refractivity contribution in [3.8, 4) is 0 Å². The van der Waals surface area contributed by atoms with Crippen molar-refractivity contribution in [2.45, 2.75) is 0 Å². The van der Waals surface area contributed by atoms with Crippen LogP contribution in [0, 0.1) is 0 Å². The number of nitrogens with zero attached hydrogens (tertiary/aromatic N) is 4. The van der Waals surface area contributed by atoms with E-state index >= 15 is 0 Å². The number of hydrogen-bond acceptors (Lipinski definition) is 3. The predicted octanol–water partition coefficient (Wildman–Crippen LogP) is 0.606. The van der Waals surface area contributed by atoms with Gasteiger partial charge >= 0.3 is 0 Å². The fourth-order valence-corrected chi connectivity index (χ4v) is 0.824. The van der Waals surface area contributed by atoms with E-state index in [1.807, 2.05) is 0 Å². The van der Waals surface area contributed by atoms with Crippen molar-refractivity contribution in [1.82, 2.24) is 14.9 Å². The third kappa shape index (κ3) is 3.30. The first-order chi connectivity index (χ1) is 7.11. The first-order valence-electron chi connectivity index (χ1n) is 4.30. The van der Waals surface area contributed by atoms with Gasteiger partial charge in [-0.3, -0.25) is 4.79 Å². The molecule has 5 heteroatoms. The first-order valence-corrected chi connectivity index (χ1v) is 4.30. The molecule has 0 aliphatic carbocycles. The topological polar surface area (TPSA) is 58.5 Å². The molecule has 0 saturated carbocycles. The van der Waals surface area contributed by atoms with Crippen LogP contribution < -0.4 is 0 Å². The maximum absolute atomic E-state index is 11.5. The van der Waals surface area contributed by atoms with Gasteiger partial charge in [0.05, 0.1) is 6.34 Å². The Morgan fingerprint density at radius 1 is 1.47 bits per heavy atom. The van der Waals surface area contributed by atoms with Crippen LogP contribution in [0.15, 0.2) is 30.3 Å². The van der Waals surface area contributed by atoms with E-state index in [0.29, 0.717) is 5.56 Å². The number of carbonyl (C=O) groups is 1. The smallest absolute Gasteiger partial charge is 0.278 e. The maximum atomic E-state index is 11.5. The molecule has 15 heavy (non-hydrogen) atoms. The summed E-state index contributed by atoms with van der Waals surface area (Å²) in [5.41, 5.74) is 0.868. The molecule has 0 saturated heterocycles. The molecular weight excluding hydrogens is 192 g/mol. The Morgan fingerprint density at radius 2 is 2.07 bits per heavy atom. The summed E-state index contributed by atoms with van der Waals surface area (Å²) >= 11 is 0. The highest BCUT2D eigenvalue weighted by atomic mass is 16.1. The van der Waals surface area contributed by atoms with Crippen molar-refractivity contribution in [2.75, 3.05) is 14.1 Å². The van der Waals surface area contributed by atoms with Crippen LogP contribution in [0.5, 0.6) is 0 Å². The Bertz CT molecular complexity index is 384. The number of carbonyl (C=O) groups excluding carboxylic acids is 1. The summed E-state index contributed by atoms with van der Waals surface area (Å²) in [5.74, 6) is -0.390. The summed E-state index contributed by atoms with van der Waals surface area (Å²) in [7, 11) is 3.57. The Balaban J connectivity index is 2.74. The van der Waals surface area contributed by atoms with Crippen LogP contribution in [0.4, 0.5) is 0 Å². The van der Waals surface area contributed by atoms with Gasteiger partial charge in [-0.1, -0.05) is 6.58 Å². The molecule has 0 bridgehead atoms. The van der Waals surface area contributed by atoms with Crippen LogP contribution in [0.2, 0.25) is 0 Å². The normalized spacial score (nSPS) is 10.3. The van der Waals surface area contributed by atoms with Gasteiger partial charge in [0, 0.05) is 37.6 Å². The molecule has 0 aliphatic rings. The fraction of sp³-hybridized carbons (Fsp3) is 0.200. The number of rotatable bonds is 3. The van der Waals surface area contributed by atoms with Crippen molar-refractivity contribution in [3.63, 3.8) is 0 Å². The minimum absolute atomic E-state index is 0.286. The van der Waals surface area contributed by atoms with E-state index < -0.39 is 5.91 Å². The molecule has 1 aromatic heterocycles. The zero-order chi connectivity index (χ0) is 11.3. The lowest BCUT2D eigenvalue weighted by Crippen LogP contribution is -2.10. The molecule has 0 atom stereocenters. The number of amides is 1. The van der Waals surface area contributed by atoms with Crippen LogP contribution in [-0.4, -0.2) is 41.2 Å². The van der Waals surface area contributed by atoms with E-state index in [0.717, 1.165) is 0 Å². The molecule has 0 aromatic carbocycles. The third-order valence-electron chi connectivity index (χ3n) is 1.57. The van der Waals surface area contributed by atoms with E-state index in [2.05, 4.69) is 21.5 Å². The lowest BCUT2D eigenvalue weighted by molar-refractivity contribution is -0.112. The summed E-state index contributed by atoms with van der Waals surface area (Å²) in [6, 6.07) is 0. The Morgan fingerprint density at radius 3 is 2.60 bits per heavy atom. The molecule has 1 aromatic rings. The zero-order valence-corrected chi connectivity index (χ0v) is 8.71. The Kier molecular flexibility index (Phi) is 3.68. The second-order valence-corrected chi connectivity index (χ2v) is 3.12. The third-order valence-corrected chi connectivity index (χ3v) is 1.57. The van der Waals surface area contributed by atoms with Gasteiger partial charge < -0.3 is 4.90 Å². The number of aliphatic imine (C=N–C) groups is 1. The van der Waals surface area contributed by atoms with Crippen molar-refractivity contribution in [1.29, 1.82) is 0 Å². The standard InChI is InChI=1S/C10H12N4O/c1-8(9-4-11-6-12-5-9)10(15)13-7-14(2)3/h4-7H,1H2,2-3H3. The molecule has 0 aliphatic heterocycles. The molecule has 78 valence electrons. The van der Waals surface area contributed by atoms with Gasteiger partial charge in [0.15, 0.2) is 0 Å². The van der Waals surface area contributed by atoms with E-state index in [1.165, 1.54) is 25.1 Å². The van der Waals surface area contributed by atoms with Gasteiger partial charge in [-0.2, -0.15) is 4.99 Å². The molecule has 1 rings (SSSR count). The van der Waals surface area contributed by atoms with E-state index in [1.54, 1.807) is 19.0 Å². The summed E-state index contributed by atoms with van der Waals surface area (Å²) in [6.45, 7) is 3.64. The monoisotopic (exact) mass is 204 g/mol. The second-order valence-electron chi connectivity index (χ2n) is 3.12. The van der Waals surface area contributed by atoms with Gasteiger partial charge in [0.25, 0.3) is 5.91 Å². The summed E-state index contributed by atoms with van der Waals surface area (Å²) in [6.07, 6.45) is 5.87. The average Bonchev–Trinajstić information content (AvgIpc) is 2.26. The van der Waals surface area contributed by atoms with Crippen LogP contribution in [0.3, 0.4) is 0 Å². The highest BCUT2D eigenvalue weighted by Crippen LogP contribution is 2.10. The van der Waals surface area contributed by atoms with Crippen molar-refractivity contribution in [2.24, 2.45) is 4.99 Å². The van der Waals surface area contributed by atoms with Crippen molar-refractivity contribution < 1.29 is 4.79 Å². The molecule has 0 fully saturated rings. The van der Waals surface area contributed by atoms with Gasteiger partial charge in [-0.05, 0) is 0 Å². The lowest BCUT2D eigenvalue weighted by atomic mass is 10.1.